The fourth-order valence-electron chi connectivity index (χ4n) is 0.818. The zero-order valence-electron chi connectivity index (χ0n) is 4.29. The molecule has 0 aromatic heterocycles. The van der Waals surface area contributed by atoms with Gasteiger partial charge in [0, 0.05) is 4.91 Å². The molecule has 0 fully saturated rings. The van der Waals surface area contributed by atoms with Gasteiger partial charge in [-0.1, -0.05) is 6.08 Å². The predicted molar refractivity (Wildman–Crippen MR) is 37.1 cm³/mol. The van der Waals surface area contributed by atoms with Gasteiger partial charge >= 0.3 is 0 Å². The third-order valence-corrected chi connectivity index (χ3v) is 2.12. The molecular weight excluding hydrogens is 118 g/mol. The smallest absolute Gasteiger partial charge is 0.0898 e. The topological polar surface area (TPSA) is 12.4 Å². The van der Waals surface area contributed by atoms with E-state index in [2.05, 4.69) is 17.1 Å². The summed E-state index contributed by atoms with van der Waals surface area (Å²) < 4.78 is 0. The summed E-state index contributed by atoms with van der Waals surface area (Å²) in [6.45, 7) is 0. The molecular formula is C6H5NS. The third kappa shape index (κ3) is 0.464. The van der Waals surface area contributed by atoms with Gasteiger partial charge in [0.1, 0.15) is 0 Å². The molecule has 0 saturated heterocycles. The first-order valence-electron chi connectivity index (χ1n) is 2.53. The Labute approximate surface area is 52.2 Å². The van der Waals surface area contributed by atoms with Crippen molar-refractivity contribution >= 4 is 17.5 Å². The molecule has 40 valence electrons. The molecule has 0 spiro atoms. The molecule has 2 aliphatic rings. The van der Waals surface area contributed by atoms with Crippen LogP contribution in [0.5, 0.6) is 0 Å². The Morgan fingerprint density at radius 1 is 1.62 bits per heavy atom. The Morgan fingerprint density at radius 3 is 3.50 bits per heavy atom. The van der Waals surface area contributed by atoms with Crippen molar-refractivity contribution in [1.82, 2.24) is 0 Å². The number of hydrogen-bond donors (Lipinski definition) is 0. The molecule has 0 atom stereocenters. The Morgan fingerprint density at radius 2 is 2.62 bits per heavy atom. The second-order valence-corrected chi connectivity index (χ2v) is 2.69. The first kappa shape index (κ1) is 4.39. The lowest BCUT2D eigenvalue weighted by Crippen LogP contribution is -1.81. The highest BCUT2D eigenvalue weighted by Crippen LogP contribution is 2.27. The van der Waals surface area contributed by atoms with Crippen molar-refractivity contribution in [1.29, 1.82) is 0 Å². The summed E-state index contributed by atoms with van der Waals surface area (Å²) in [6.07, 6.45) is 6.20. The number of aliphatic imine (C=N–C) groups is 1. The lowest BCUT2D eigenvalue weighted by molar-refractivity contribution is 1.41. The summed E-state index contributed by atoms with van der Waals surface area (Å²) in [6, 6.07) is 0. The van der Waals surface area contributed by atoms with Crippen LogP contribution in [-0.4, -0.2) is 11.6 Å². The van der Waals surface area contributed by atoms with Crippen molar-refractivity contribution in [2.24, 2.45) is 4.99 Å². The molecule has 0 N–H and O–H groups in total. The van der Waals surface area contributed by atoms with Gasteiger partial charge in [0.05, 0.1) is 11.6 Å². The van der Waals surface area contributed by atoms with Crippen LogP contribution in [0, 0.1) is 0 Å². The molecule has 1 aliphatic heterocycles. The second-order valence-electron chi connectivity index (χ2n) is 1.71. The molecule has 2 rings (SSSR count). The van der Waals surface area contributed by atoms with Crippen molar-refractivity contribution in [2.75, 3.05) is 5.88 Å². The normalized spacial score (nSPS) is 23.0. The maximum absolute atomic E-state index is 4.22. The Hall–Kier alpha value is -0.500. The van der Waals surface area contributed by atoms with Gasteiger partial charge in [0.15, 0.2) is 0 Å². The van der Waals surface area contributed by atoms with E-state index in [0.717, 1.165) is 5.88 Å². The van der Waals surface area contributed by atoms with E-state index < -0.39 is 0 Å². The molecule has 1 aliphatic carbocycles. The van der Waals surface area contributed by atoms with Gasteiger partial charge in [-0.15, -0.1) is 11.8 Å². The monoisotopic (exact) mass is 123 g/mol. The van der Waals surface area contributed by atoms with Crippen LogP contribution >= 0.6 is 11.8 Å². The van der Waals surface area contributed by atoms with Crippen LogP contribution in [0.2, 0.25) is 0 Å². The highest BCUT2D eigenvalue weighted by atomic mass is 32.2. The van der Waals surface area contributed by atoms with Crippen molar-refractivity contribution in [2.45, 2.75) is 0 Å². The minimum Gasteiger partial charge on any atom is -0.273 e. The predicted octanol–water partition coefficient (Wildman–Crippen LogP) is 1.59. The van der Waals surface area contributed by atoms with Crippen molar-refractivity contribution in [3.8, 4) is 0 Å². The van der Waals surface area contributed by atoms with E-state index in [1.54, 1.807) is 0 Å². The van der Waals surface area contributed by atoms with E-state index in [0.29, 0.717) is 0 Å². The SMILES string of the molecule is C1=CC2=NCSC2=C1. The molecule has 2 heteroatoms. The summed E-state index contributed by atoms with van der Waals surface area (Å²) in [5.41, 5.74) is 1.18. The maximum atomic E-state index is 4.22. The average Bonchev–Trinajstić information content (AvgIpc) is 2.15. The summed E-state index contributed by atoms with van der Waals surface area (Å²) in [4.78, 5) is 5.56. The summed E-state index contributed by atoms with van der Waals surface area (Å²) in [5.74, 6) is 0.922. The molecule has 0 radical (unpaired) electrons. The summed E-state index contributed by atoms with van der Waals surface area (Å²) >= 11 is 1.81. The van der Waals surface area contributed by atoms with Gasteiger partial charge < -0.3 is 0 Å². The molecule has 0 bridgehead atoms. The van der Waals surface area contributed by atoms with Gasteiger partial charge in [-0.05, 0) is 12.2 Å². The van der Waals surface area contributed by atoms with Crippen LogP contribution in [0.3, 0.4) is 0 Å². The second kappa shape index (κ2) is 1.49. The lowest BCUT2D eigenvalue weighted by Gasteiger charge is -1.83. The van der Waals surface area contributed by atoms with Gasteiger partial charge in [-0.2, -0.15) is 0 Å². The number of hydrogen-bond acceptors (Lipinski definition) is 2. The minimum atomic E-state index is 0.922. The minimum absolute atomic E-state index is 0.922. The van der Waals surface area contributed by atoms with Crippen LogP contribution in [0.1, 0.15) is 0 Å². The van der Waals surface area contributed by atoms with Gasteiger partial charge in [0.2, 0.25) is 0 Å². The van der Waals surface area contributed by atoms with Crippen LogP contribution in [0.15, 0.2) is 28.1 Å². The Balaban J connectivity index is 2.49. The van der Waals surface area contributed by atoms with Crippen molar-refractivity contribution < 1.29 is 0 Å². The van der Waals surface area contributed by atoms with Gasteiger partial charge in [0.25, 0.3) is 0 Å². The highest BCUT2D eigenvalue weighted by molar-refractivity contribution is 8.04. The third-order valence-electron chi connectivity index (χ3n) is 1.21. The van der Waals surface area contributed by atoms with Crippen molar-refractivity contribution in [3.05, 3.63) is 23.1 Å². The molecule has 1 nitrogen and oxygen atoms in total. The van der Waals surface area contributed by atoms with E-state index in [-0.39, 0.29) is 0 Å². The maximum Gasteiger partial charge on any atom is 0.0898 e. The van der Waals surface area contributed by atoms with Gasteiger partial charge in [-0.25, -0.2) is 0 Å². The molecule has 0 unspecified atom stereocenters. The molecule has 0 saturated carbocycles. The fourth-order valence-corrected chi connectivity index (χ4v) is 1.62. The lowest BCUT2D eigenvalue weighted by atomic mass is 10.4. The quantitative estimate of drug-likeness (QED) is 0.476. The Bertz CT molecular complexity index is 201. The van der Waals surface area contributed by atoms with Crippen LogP contribution < -0.4 is 0 Å². The van der Waals surface area contributed by atoms with Crippen LogP contribution in [0.25, 0.3) is 0 Å². The zero-order chi connectivity index (χ0) is 5.40. The largest absolute Gasteiger partial charge is 0.273 e. The Kier molecular flexibility index (Phi) is 0.815. The average molecular weight is 123 g/mol. The summed E-state index contributed by atoms with van der Waals surface area (Å²) in [5, 5.41) is 0. The number of rotatable bonds is 0. The molecule has 0 amide bonds. The number of nitrogens with zero attached hydrogens (tertiary/aromatic N) is 1. The fraction of sp³-hybridized carbons (Fsp3) is 0.167. The highest BCUT2D eigenvalue weighted by Gasteiger charge is 2.12. The molecule has 1 heterocycles. The summed E-state index contributed by atoms with van der Waals surface area (Å²) in [7, 11) is 0. The van der Waals surface area contributed by atoms with E-state index in [9.17, 15) is 0 Å². The number of fused-ring (bicyclic) bond motifs is 1. The number of allylic oxidation sites excluding steroid dienone is 4. The van der Waals surface area contributed by atoms with Gasteiger partial charge in [-0.3, -0.25) is 4.99 Å². The molecule has 0 aromatic carbocycles. The standard InChI is InChI=1S/C6H5NS/c1-2-5-6(3-1)8-4-7-5/h1-3H,4H2. The zero-order valence-corrected chi connectivity index (χ0v) is 5.11. The first-order chi connectivity index (χ1) is 3.97. The van der Waals surface area contributed by atoms with Crippen LogP contribution in [-0.2, 0) is 0 Å². The molecule has 8 heavy (non-hydrogen) atoms. The number of thioether (sulfide) groups is 1. The van der Waals surface area contributed by atoms with E-state index >= 15 is 0 Å². The van der Waals surface area contributed by atoms with E-state index in [1.807, 2.05) is 17.8 Å². The first-order valence-corrected chi connectivity index (χ1v) is 3.51. The van der Waals surface area contributed by atoms with Crippen molar-refractivity contribution in [3.63, 3.8) is 0 Å². The molecule has 0 aromatic rings. The van der Waals surface area contributed by atoms with Crippen LogP contribution in [0.4, 0.5) is 0 Å². The van der Waals surface area contributed by atoms with E-state index in [4.69, 9.17) is 0 Å². The van der Waals surface area contributed by atoms with E-state index in [1.165, 1.54) is 10.6 Å².